The van der Waals surface area contributed by atoms with E-state index >= 15 is 0 Å². The van der Waals surface area contributed by atoms with E-state index < -0.39 is 6.67 Å². The van der Waals surface area contributed by atoms with Gasteiger partial charge in [0.15, 0.2) is 11.5 Å². The highest BCUT2D eigenvalue weighted by molar-refractivity contribution is 9.10. The van der Waals surface area contributed by atoms with E-state index in [1.54, 1.807) is 12.1 Å². The minimum atomic E-state index is -0.456. The van der Waals surface area contributed by atoms with Crippen molar-refractivity contribution in [3.63, 3.8) is 0 Å². The van der Waals surface area contributed by atoms with Gasteiger partial charge >= 0.3 is 0 Å². The molecule has 1 aliphatic heterocycles. The molecule has 7 heteroatoms. The van der Waals surface area contributed by atoms with Gasteiger partial charge < -0.3 is 15.2 Å². The third-order valence-corrected chi connectivity index (χ3v) is 4.08. The lowest BCUT2D eigenvalue weighted by Crippen LogP contribution is -2.45. The molecule has 0 spiro atoms. The second-order valence-corrected chi connectivity index (χ2v) is 5.59. The summed E-state index contributed by atoms with van der Waals surface area (Å²) in [5.74, 6) is 0.457. The van der Waals surface area contributed by atoms with Crippen molar-refractivity contribution in [2.45, 2.75) is 13.0 Å². The van der Waals surface area contributed by atoms with Gasteiger partial charge in [0.25, 0.3) is 0 Å². The topological polar surface area (TPSA) is 44.7 Å². The highest BCUT2D eigenvalue weighted by Gasteiger charge is 2.24. The molecule has 120 valence electrons. The molecule has 0 aromatic heterocycles. The monoisotopic (exact) mass is 382 g/mol. The molecular weight excluding hydrogens is 363 g/mol. The first-order valence-corrected chi connectivity index (χ1v) is 7.62. The smallest absolute Gasteiger partial charge is 0.172 e. The lowest BCUT2D eigenvalue weighted by atomic mass is 10.0. The van der Waals surface area contributed by atoms with E-state index in [1.165, 1.54) is 0 Å². The van der Waals surface area contributed by atoms with Crippen molar-refractivity contribution in [2.75, 3.05) is 39.5 Å². The third kappa shape index (κ3) is 4.45. The number of nitrogens with one attached hydrogen (secondary N) is 1. The van der Waals surface area contributed by atoms with Crippen LogP contribution in [0.15, 0.2) is 16.6 Å². The van der Waals surface area contributed by atoms with Crippen LogP contribution in [0.3, 0.4) is 0 Å². The van der Waals surface area contributed by atoms with Gasteiger partial charge in [-0.3, -0.25) is 4.90 Å². The number of benzene rings is 1. The number of halogens is 3. The average Bonchev–Trinajstić information content (AvgIpc) is 2.46. The first-order valence-electron chi connectivity index (χ1n) is 6.83. The largest absolute Gasteiger partial charge is 0.503 e. The quantitative estimate of drug-likeness (QED) is 0.821. The van der Waals surface area contributed by atoms with Crippen molar-refractivity contribution in [3.8, 4) is 11.5 Å². The second kappa shape index (κ2) is 8.78. The Morgan fingerprint density at radius 3 is 2.67 bits per heavy atom. The maximum Gasteiger partial charge on any atom is 0.172 e. The van der Waals surface area contributed by atoms with Crippen LogP contribution in [0.4, 0.5) is 4.39 Å². The van der Waals surface area contributed by atoms with Gasteiger partial charge in [-0.25, -0.2) is 4.39 Å². The molecule has 0 unspecified atom stereocenters. The summed E-state index contributed by atoms with van der Waals surface area (Å²) in [6, 6.07) is 3.20. The van der Waals surface area contributed by atoms with E-state index in [-0.39, 0.29) is 24.2 Å². The second-order valence-electron chi connectivity index (χ2n) is 4.74. The number of phenolic OH excluding ortho intramolecular Hbond substituents is 1. The molecule has 4 nitrogen and oxygen atoms in total. The molecule has 0 amide bonds. The number of hydrogen-bond donors (Lipinski definition) is 2. The Morgan fingerprint density at radius 2 is 2.10 bits per heavy atom. The molecule has 1 saturated heterocycles. The molecule has 1 aliphatic rings. The highest BCUT2D eigenvalue weighted by Crippen LogP contribution is 2.38. The van der Waals surface area contributed by atoms with E-state index in [4.69, 9.17) is 4.74 Å². The molecule has 1 aromatic carbocycles. The number of rotatable bonds is 5. The van der Waals surface area contributed by atoms with Crippen LogP contribution < -0.4 is 10.1 Å². The molecule has 0 aliphatic carbocycles. The van der Waals surface area contributed by atoms with Crippen LogP contribution in [0.1, 0.15) is 18.5 Å². The number of alkyl halides is 1. The number of aromatic hydroxyl groups is 1. The predicted molar refractivity (Wildman–Crippen MR) is 87.4 cm³/mol. The van der Waals surface area contributed by atoms with Crippen LogP contribution in [0.25, 0.3) is 0 Å². The molecule has 1 heterocycles. The fourth-order valence-corrected chi connectivity index (χ4v) is 2.90. The van der Waals surface area contributed by atoms with Crippen molar-refractivity contribution < 1.29 is 14.2 Å². The van der Waals surface area contributed by atoms with Gasteiger partial charge in [0, 0.05) is 26.2 Å². The van der Waals surface area contributed by atoms with Crippen LogP contribution >= 0.6 is 28.3 Å². The summed E-state index contributed by atoms with van der Waals surface area (Å²) >= 11 is 3.31. The normalized spacial score (nSPS) is 17.1. The van der Waals surface area contributed by atoms with E-state index in [1.807, 2.05) is 6.92 Å². The van der Waals surface area contributed by atoms with Crippen molar-refractivity contribution in [1.29, 1.82) is 0 Å². The zero-order chi connectivity index (χ0) is 14.5. The van der Waals surface area contributed by atoms with Crippen LogP contribution in [0.5, 0.6) is 11.5 Å². The van der Waals surface area contributed by atoms with Gasteiger partial charge in [-0.05, 0) is 40.5 Å². The first kappa shape index (κ1) is 18.5. The molecule has 2 N–H and O–H groups in total. The van der Waals surface area contributed by atoms with Gasteiger partial charge in [-0.15, -0.1) is 12.4 Å². The Bertz CT molecular complexity index is 459. The number of nitrogens with zero attached hydrogens (tertiary/aromatic N) is 1. The van der Waals surface area contributed by atoms with Crippen LogP contribution in [0, 0.1) is 0 Å². The van der Waals surface area contributed by atoms with E-state index in [0.717, 1.165) is 31.7 Å². The molecule has 0 saturated carbocycles. The van der Waals surface area contributed by atoms with Crippen LogP contribution in [0.2, 0.25) is 0 Å². The zero-order valence-corrected chi connectivity index (χ0v) is 14.3. The summed E-state index contributed by atoms with van der Waals surface area (Å²) in [6.45, 7) is 5.22. The fraction of sp³-hybridized carbons (Fsp3) is 0.571. The number of piperazine rings is 1. The Labute approximate surface area is 139 Å². The van der Waals surface area contributed by atoms with Crippen molar-refractivity contribution in [1.82, 2.24) is 10.2 Å². The fourth-order valence-electron chi connectivity index (χ4n) is 2.44. The lowest BCUT2D eigenvalue weighted by molar-refractivity contribution is 0.147. The first-order chi connectivity index (χ1) is 9.67. The van der Waals surface area contributed by atoms with Gasteiger partial charge in [0.1, 0.15) is 6.67 Å². The minimum Gasteiger partial charge on any atom is -0.503 e. The van der Waals surface area contributed by atoms with Gasteiger partial charge in [0.05, 0.1) is 17.1 Å². The summed E-state index contributed by atoms with van der Waals surface area (Å²) in [4.78, 5) is 2.12. The van der Waals surface area contributed by atoms with E-state index in [9.17, 15) is 9.50 Å². The summed E-state index contributed by atoms with van der Waals surface area (Å²) in [5.41, 5.74) is 0.822. The molecule has 1 fully saturated rings. The van der Waals surface area contributed by atoms with Crippen LogP contribution in [-0.4, -0.2) is 49.5 Å². The lowest BCUT2D eigenvalue weighted by Gasteiger charge is -2.34. The van der Waals surface area contributed by atoms with Crippen molar-refractivity contribution in [2.24, 2.45) is 0 Å². The molecule has 1 atom stereocenters. The molecule has 2 rings (SSSR count). The highest BCUT2D eigenvalue weighted by atomic mass is 79.9. The Balaban J connectivity index is 0.00000220. The Kier molecular flexibility index (Phi) is 7.73. The maximum absolute atomic E-state index is 13.5. The molecule has 0 bridgehead atoms. The predicted octanol–water partition coefficient (Wildman–Crippen LogP) is 2.89. The number of phenols is 1. The van der Waals surface area contributed by atoms with E-state index in [2.05, 4.69) is 26.1 Å². The standard InChI is InChI=1S/C14H20BrFN2O2.ClH/c1-2-20-13-8-10(7-11(15)14(13)19)12(9-16)18-5-3-17-4-6-18;/h7-8,12,17,19H,2-6,9H2,1H3;1H/t12-;/m0./s1. The van der Waals surface area contributed by atoms with Crippen molar-refractivity contribution in [3.05, 3.63) is 22.2 Å². The minimum absolute atomic E-state index is 0. The third-order valence-electron chi connectivity index (χ3n) is 3.47. The summed E-state index contributed by atoms with van der Waals surface area (Å²) in [5, 5.41) is 13.2. The van der Waals surface area contributed by atoms with Gasteiger partial charge in [0.2, 0.25) is 0 Å². The summed E-state index contributed by atoms with van der Waals surface area (Å²) in [7, 11) is 0. The molecule has 0 radical (unpaired) electrons. The zero-order valence-electron chi connectivity index (χ0n) is 11.9. The Hall–Kier alpha value is -0.560. The summed E-state index contributed by atoms with van der Waals surface area (Å²) in [6.07, 6.45) is 0. The van der Waals surface area contributed by atoms with Crippen LogP contribution in [-0.2, 0) is 0 Å². The Morgan fingerprint density at radius 1 is 1.43 bits per heavy atom. The summed E-state index contributed by atoms with van der Waals surface area (Å²) < 4.78 is 19.4. The van der Waals surface area contributed by atoms with Gasteiger partial charge in [-0.1, -0.05) is 0 Å². The molecule has 1 aromatic rings. The number of ether oxygens (including phenoxy) is 1. The van der Waals surface area contributed by atoms with E-state index in [0.29, 0.717) is 16.8 Å². The van der Waals surface area contributed by atoms with Gasteiger partial charge in [-0.2, -0.15) is 0 Å². The number of hydrogen-bond acceptors (Lipinski definition) is 4. The van der Waals surface area contributed by atoms with Crippen molar-refractivity contribution >= 4 is 28.3 Å². The average molecular weight is 384 g/mol. The maximum atomic E-state index is 13.5. The molecular formula is C14H21BrClFN2O2. The molecule has 21 heavy (non-hydrogen) atoms. The SMILES string of the molecule is CCOc1cc([C@H](CF)N2CCNCC2)cc(Br)c1O.Cl.